The van der Waals surface area contributed by atoms with Gasteiger partial charge in [-0.25, -0.2) is 0 Å². The first-order chi connectivity index (χ1) is 16.6. The summed E-state index contributed by atoms with van der Waals surface area (Å²) in [7, 11) is 0. The summed E-state index contributed by atoms with van der Waals surface area (Å²) in [4.78, 5) is 27.4. The van der Waals surface area contributed by atoms with E-state index in [1.165, 1.54) is 23.1 Å². The van der Waals surface area contributed by atoms with Gasteiger partial charge in [-0.1, -0.05) is 43.7 Å². The number of hydrogen-bond donors (Lipinski definition) is 1. The summed E-state index contributed by atoms with van der Waals surface area (Å²) in [6.07, 6.45) is 6.80. The molecule has 4 nitrogen and oxygen atoms in total. The van der Waals surface area contributed by atoms with Crippen LogP contribution in [0.3, 0.4) is 0 Å². The Morgan fingerprint density at radius 2 is 1.76 bits per heavy atom. The van der Waals surface area contributed by atoms with E-state index in [1.807, 2.05) is 53.4 Å². The van der Waals surface area contributed by atoms with Crippen LogP contribution in [0, 0.1) is 0 Å². The number of aryl methyl sites for hydroxylation is 3. The molecule has 0 spiro atoms. The number of thioether (sulfide) groups is 1. The Hall–Kier alpha value is -3.05. The lowest BCUT2D eigenvalue weighted by molar-refractivity contribution is -0.115. The largest absolute Gasteiger partial charge is 0.322 e. The van der Waals surface area contributed by atoms with Crippen molar-refractivity contribution >= 4 is 35.0 Å². The Balaban J connectivity index is 1.27. The van der Waals surface area contributed by atoms with E-state index in [-0.39, 0.29) is 17.2 Å². The Morgan fingerprint density at radius 1 is 1.00 bits per heavy atom. The van der Waals surface area contributed by atoms with Gasteiger partial charge >= 0.3 is 0 Å². The molecular formula is C29H30N2O2S. The molecule has 1 fully saturated rings. The number of nitrogens with one attached hydrogen (secondary N) is 1. The lowest BCUT2D eigenvalue weighted by Crippen LogP contribution is -2.27. The summed E-state index contributed by atoms with van der Waals surface area (Å²) in [6.45, 7) is 2.18. The number of amides is 2. The second-order valence-corrected chi connectivity index (χ2v) is 10.2. The van der Waals surface area contributed by atoms with Crippen LogP contribution in [0.2, 0.25) is 0 Å². The van der Waals surface area contributed by atoms with Crippen molar-refractivity contribution in [2.24, 2.45) is 0 Å². The molecule has 2 aliphatic rings. The third-order valence-corrected chi connectivity index (χ3v) is 7.93. The van der Waals surface area contributed by atoms with E-state index in [4.69, 9.17) is 0 Å². The van der Waals surface area contributed by atoms with E-state index in [9.17, 15) is 9.59 Å². The van der Waals surface area contributed by atoms with E-state index in [0.717, 1.165) is 49.0 Å². The molecule has 34 heavy (non-hydrogen) atoms. The fourth-order valence-electron chi connectivity index (χ4n) is 4.80. The maximum Gasteiger partial charge on any atom is 0.255 e. The van der Waals surface area contributed by atoms with Gasteiger partial charge in [0.1, 0.15) is 5.37 Å². The highest BCUT2D eigenvalue weighted by atomic mass is 32.2. The number of nitrogens with zero attached hydrogens (tertiary/aromatic N) is 1. The predicted octanol–water partition coefficient (Wildman–Crippen LogP) is 6.55. The third kappa shape index (κ3) is 4.76. The summed E-state index contributed by atoms with van der Waals surface area (Å²) in [5.74, 6) is 0.516. The molecule has 0 saturated carbocycles. The van der Waals surface area contributed by atoms with Crippen molar-refractivity contribution in [2.45, 2.75) is 50.8 Å². The average Bonchev–Trinajstić information content (AvgIpc) is 3.49. The van der Waals surface area contributed by atoms with Crippen LogP contribution in [0.15, 0.2) is 66.7 Å². The van der Waals surface area contributed by atoms with Crippen molar-refractivity contribution in [3.63, 3.8) is 0 Å². The molecule has 1 unspecified atom stereocenters. The molecule has 1 atom stereocenters. The van der Waals surface area contributed by atoms with Crippen molar-refractivity contribution in [1.82, 2.24) is 0 Å². The molecule has 3 aromatic rings. The maximum absolute atomic E-state index is 12.8. The molecule has 3 aromatic carbocycles. The van der Waals surface area contributed by atoms with Crippen LogP contribution in [-0.4, -0.2) is 17.6 Å². The molecule has 1 aliphatic heterocycles. The molecule has 5 heteroatoms. The zero-order valence-electron chi connectivity index (χ0n) is 19.5. The quantitative estimate of drug-likeness (QED) is 0.426. The van der Waals surface area contributed by atoms with Gasteiger partial charge < -0.3 is 5.32 Å². The van der Waals surface area contributed by atoms with Gasteiger partial charge in [0.25, 0.3) is 5.91 Å². The van der Waals surface area contributed by atoms with Crippen LogP contribution >= 0.6 is 11.8 Å². The molecular weight excluding hydrogens is 440 g/mol. The zero-order chi connectivity index (χ0) is 23.5. The Kier molecular flexibility index (Phi) is 6.73. The van der Waals surface area contributed by atoms with E-state index >= 15 is 0 Å². The van der Waals surface area contributed by atoms with Crippen LogP contribution in [0.25, 0.3) is 0 Å². The van der Waals surface area contributed by atoms with Crippen LogP contribution in [0.1, 0.15) is 64.2 Å². The van der Waals surface area contributed by atoms with E-state index in [0.29, 0.717) is 11.3 Å². The number of carbonyl (C=O) groups excluding carboxylic acids is 2. The van der Waals surface area contributed by atoms with Crippen LogP contribution in [-0.2, 0) is 24.1 Å². The predicted molar refractivity (Wildman–Crippen MR) is 141 cm³/mol. The van der Waals surface area contributed by atoms with Gasteiger partial charge in [-0.15, -0.1) is 11.8 Å². The topological polar surface area (TPSA) is 49.4 Å². The van der Waals surface area contributed by atoms with Gasteiger partial charge in [0, 0.05) is 16.9 Å². The van der Waals surface area contributed by atoms with Gasteiger partial charge in [-0.3, -0.25) is 14.5 Å². The fraction of sp³-hybridized carbons (Fsp3) is 0.310. The normalized spacial score (nSPS) is 17.1. The summed E-state index contributed by atoms with van der Waals surface area (Å²) >= 11 is 1.65. The lowest BCUT2D eigenvalue weighted by atomic mass is 10.1. The monoisotopic (exact) mass is 470 g/mol. The maximum atomic E-state index is 12.8. The Labute approximate surface area is 205 Å². The molecule has 174 valence electrons. The minimum Gasteiger partial charge on any atom is -0.322 e. The first kappa shape index (κ1) is 22.7. The first-order valence-corrected chi connectivity index (χ1v) is 13.2. The number of carbonyl (C=O) groups is 2. The SMILES string of the molecule is CCCCc1ccc(C(=O)Nc2ccc(C3SCC(=O)N3c3ccc4c(c3)CCC4)cc2)cc1. The smallest absolute Gasteiger partial charge is 0.255 e. The second-order valence-electron chi connectivity index (χ2n) is 9.11. The molecule has 5 rings (SSSR count). The third-order valence-electron chi connectivity index (χ3n) is 6.72. The molecule has 1 heterocycles. The summed E-state index contributed by atoms with van der Waals surface area (Å²) in [6, 6.07) is 22.2. The number of unbranched alkanes of at least 4 members (excludes halogenated alkanes) is 1. The highest BCUT2D eigenvalue weighted by molar-refractivity contribution is 8.00. The summed E-state index contributed by atoms with van der Waals surface area (Å²) in [5.41, 5.74) is 7.51. The lowest BCUT2D eigenvalue weighted by Gasteiger charge is -2.25. The highest BCUT2D eigenvalue weighted by Crippen LogP contribution is 2.43. The minimum absolute atomic E-state index is 0.0487. The number of anilines is 2. The molecule has 1 N–H and O–H groups in total. The standard InChI is InChI=1S/C29H30N2O2S/c1-2-3-5-20-8-10-22(11-9-20)28(33)30-25-15-12-23(13-16-25)29-31(27(32)19-34-29)26-17-14-21-6-4-7-24(21)18-26/h8-18,29H,2-7,19H2,1H3,(H,30,33). The van der Waals surface area contributed by atoms with Crippen LogP contribution in [0.5, 0.6) is 0 Å². The van der Waals surface area contributed by atoms with Crippen LogP contribution in [0.4, 0.5) is 11.4 Å². The van der Waals surface area contributed by atoms with E-state index < -0.39 is 0 Å². The Bertz CT molecular complexity index is 1190. The molecule has 1 saturated heterocycles. The van der Waals surface area contributed by atoms with Crippen molar-refractivity contribution < 1.29 is 9.59 Å². The number of rotatable bonds is 7. The van der Waals surface area contributed by atoms with Crippen molar-refractivity contribution in [1.29, 1.82) is 0 Å². The number of hydrogen-bond acceptors (Lipinski definition) is 3. The molecule has 0 radical (unpaired) electrons. The van der Waals surface area contributed by atoms with E-state index in [2.05, 4.69) is 30.4 Å². The van der Waals surface area contributed by atoms with Crippen molar-refractivity contribution in [3.05, 3.63) is 94.5 Å². The van der Waals surface area contributed by atoms with Gasteiger partial charge in [0.15, 0.2) is 0 Å². The molecule has 2 amide bonds. The minimum atomic E-state index is -0.111. The van der Waals surface area contributed by atoms with Crippen molar-refractivity contribution in [2.75, 3.05) is 16.0 Å². The molecule has 1 aliphatic carbocycles. The van der Waals surface area contributed by atoms with Gasteiger partial charge in [-0.2, -0.15) is 0 Å². The average molecular weight is 471 g/mol. The number of fused-ring (bicyclic) bond motifs is 1. The first-order valence-electron chi connectivity index (χ1n) is 12.2. The Morgan fingerprint density at radius 3 is 2.53 bits per heavy atom. The summed E-state index contributed by atoms with van der Waals surface area (Å²) < 4.78 is 0. The van der Waals surface area contributed by atoms with Gasteiger partial charge in [0.2, 0.25) is 5.91 Å². The van der Waals surface area contributed by atoms with E-state index in [1.54, 1.807) is 11.8 Å². The fourth-order valence-corrected chi connectivity index (χ4v) is 5.97. The second kappa shape index (κ2) is 10.1. The highest BCUT2D eigenvalue weighted by Gasteiger charge is 2.34. The van der Waals surface area contributed by atoms with Crippen molar-refractivity contribution in [3.8, 4) is 0 Å². The van der Waals surface area contributed by atoms with Crippen LogP contribution < -0.4 is 10.2 Å². The molecule has 0 aromatic heterocycles. The number of benzene rings is 3. The van der Waals surface area contributed by atoms with Gasteiger partial charge in [-0.05, 0) is 90.8 Å². The van der Waals surface area contributed by atoms with Gasteiger partial charge in [0.05, 0.1) is 5.75 Å². The zero-order valence-corrected chi connectivity index (χ0v) is 20.4. The molecule has 0 bridgehead atoms. The summed E-state index contributed by atoms with van der Waals surface area (Å²) in [5, 5.41) is 2.94.